The van der Waals surface area contributed by atoms with E-state index in [9.17, 15) is 9.59 Å². The third-order valence-corrected chi connectivity index (χ3v) is 8.56. The standard InChI is InChI=1S/C35H73N7O2/c1-3-5-7-9-11-13-15-16-18-20-22-24-29-42(28-23-21-19-17-14-12-10-8-6-4-2)34(44)32(37)30-41-33(43)31(36)26-25-27-40-35(38)39/h31-32H,3-30,36-37H2,1-2H3,(H,41,43)(H4,38,39,40)/p+1. The van der Waals surface area contributed by atoms with Crippen molar-refractivity contribution in [1.82, 2.24) is 10.2 Å². The Balaban J connectivity index is 4.48. The molecular weight excluding hydrogens is 550 g/mol. The van der Waals surface area contributed by atoms with Crippen molar-refractivity contribution < 1.29 is 15.3 Å². The van der Waals surface area contributed by atoms with Crippen molar-refractivity contribution in [3.63, 3.8) is 0 Å². The maximum absolute atomic E-state index is 13.3. The molecule has 0 rings (SSSR count). The quantitative estimate of drug-likeness (QED) is 0.0375. The second-order valence-corrected chi connectivity index (χ2v) is 12.9. The lowest BCUT2D eigenvalue weighted by Gasteiger charge is -2.26. The highest BCUT2D eigenvalue weighted by molar-refractivity contribution is 5.84. The topological polar surface area (TPSA) is 167 Å². The number of nitrogens with two attached hydrogens (primary N) is 3. The second kappa shape index (κ2) is 31.1. The normalized spacial score (nSPS) is 12.5. The number of aliphatic imine (C=N–C) groups is 1. The lowest BCUT2D eigenvalue weighted by molar-refractivity contribution is -0.405. The van der Waals surface area contributed by atoms with Crippen molar-refractivity contribution in [3.05, 3.63) is 0 Å². The largest absolute Gasteiger partial charge is 0.370 e. The summed E-state index contributed by atoms with van der Waals surface area (Å²) in [5.74, 6) is -0.205. The summed E-state index contributed by atoms with van der Waals surface area (Å²) in [6, 6.07) is -1.18. The Bertz CT molecular complexity index is 701. The molecule has 0 aliphatic carbocycles. The first-order valence-corrected chi connectivity index (χ1v) is 18.5. The van der Waals surface area contributed by atoms with Gasteiger partial charge in [0.25, 0.3) is 5.91 Å². The van der Waals surface area contributed by atoms with Crippen LogP contribution in [0.3, 0.4) is 0 Å². The van der Waals surface area contributed by atoms with Crippen LogP contribution >= 0.6 is 0 Å². The van der Waals surface area contributed by atoms with Gasteiger partial charge >= 0.3 is 0 Å². The Morgan fingerprint density at radius 1 is 0.659 bits per heavy atom. The Morgan fingerprint density at radius 2 is 1.05 bits per heavy atom. The van der Waals surface area contributed by atoms with Gasteiger partial charge in [-0.2, -0.15) is 0 Å². The molecule has 2 amide bonds. The van der Waals surface area contributed by atoms with Crippen molar-refractivity contribution in [3.8, 4) is 0 Å². The Morgan fingerprint density at radius 3 is 1.43 bits per heavy atom. The number of nitrogens with one attached hydrogen (secondary N) is 1. The number of hydrogen-bond donors (Lipinski definition) is 5. The van der Waals surface area contributed by atoms with Gasteiger partial charge in [-0.15, -0.1) is 0 Å². The summed E-state index contributed by atoms with van der Waals surface area (Å²) in [6.45, 7) is 6.61. The predicted octanol–water partition coefficient (Wildman–Crippen LogP) is 5.54. The van der Waals surface area contributed by atoms with Gasteiger partial charge in [-0.3, -0.25) is 14.6 Å². The average molecular weight is 625 g/mol. The van der Waals surface area contributed by atoms with Crippen molar-refractivity contribution in [2.75, 3.05) is 26.2 Å². The molecule has 0 saturated carbocycles. The van der Waals surface area contributed by atoms with Crippen molar-refractivity contribution in [2.24, 2.45) is 22.2 Å². The maximum atomic E-state index is 13.3. The van der Waals surface area contributed by atoms with E-state index in [-0.39, 0.29) is 24.3 Å². The molecule has 2 atom stereocenters. The van der Waals surface area contributed by atoms with E-state index < -0.39 is 12.1 Å². The molecule has 44 heavy (non-hydrogen) atoms. The Hall–Kier alpha value is -1.87. The van der Waals surface area contributed by atoms with Gasteiger partial charge in [0.05, 0.1) is 0 Å². The van der Waals surface area contributed by atoms with Gasteiger partial charge in [0, 0.05) is 32.6 Å². The molecule has 0 fully saturated rings. The molecule has 260 valence electrons. The molecule has 0 bridgehead atoms. The monoisotopic (exact) mass is 625 g/mol. The summed E-state index contributed by atoms with van der Waals surface area (Å²) in [6.07, 6.45) is 29.5. The van der Waals surface area contributed by atoms with Gasteiger partial charge in [-0.1, -0.05) is 142 Å². The first-order valence-electron chi connectivity index (χ1n) is 18.5. The van der Waals surface area contributed by atoms with Gasteiger partial charge in [-0.05, 0) is 19.3 Å². The fraction of sp³-hybridized carbons (Fsp3) is 0.914. The van der Waals surface area contributed by atoms with Crippen LogP contribution in [0.1, 0.15) is 168 Å². The summed E-state index contributed by atoms with van der Waals surface area (Å²) in [4.78, 5) is 31.7. The van der Waals surface area contributed by atoms with E-state index in [1.807, 2.05) is 4.90 Å². The molecule has 0 aliphatic rings. The molecule has 9 heteroatoms. The van der Waals surface area contributed by atoms with Crippen LogP contribution < -0.4 is 28.3 Å². The molecule has 0 aromatic heterocycles. The zero-order valence-electron chi connectivity index (χ0n) is 29.1. The first-order chi connectivity index (χ1) is 21.3. The molecule has 0 aliphatic heterocycles. The van der Waals surface area contributed by atoms with Gasteiger partial charge in [-0.25, -0.2) is 0 Å². The third kappa shape index (κ3) is 26.5. The van der Waals surface area contributed by atoms with E-state index in [1.54, 1.807) is 0 Å². The van der Waals surface area contributed by atoms with E-state index in [2.05, 4.69) is 29.9 Å². The van der Waals surface area contributed by atoms with Gasteiger partial charge in [0.15, 0.2) is 12.0 Å². The summed E-state index contributed by atoms with van der Waals surface area (Å²) < 4.78 is 0. The maximum Gasteiger partial charge on any atom is 0.278 e. The van der Waals surface area contributed by atoms with Crippen molar-refractivity contribution >= 4 is 17.8 Å². The highest BCUT2D eigenvalue weighted by atomic mass is 16.2. The van der Waals surface area contributed by atoms with E-state index in [1.165, 1.54) is 116 Å². The number of quaternary nitrogens is 1. The molecule has 0 spiro atoms. The molecule has 0 aromatic carbocycles. The molecule has 0 radical (unpaired) electrons. The number of hydrogen-bond acceptors (Lipinski definition) is 4. The lowest BCUT2D eigenvalue weighted by Crippen LogP contribution is -2.68. The molecule has 0 heterocycles. The van der Waals surface area contributed by atoms with Gasteiger partial charge < -0.3 is 33.2 Å². The molecular formula is C35H74N7O2+. The predicted molar refractivity (Wildman–Crippen MR) is 187 cm³/mol. The van der Waals surface area contributed by atoms with E-state index in [0.29, 0.717) is 19.4 Å². The van der Waals surface area contributed by atoms with Gasteiger partial charge in [0.1, 0.15) is 6.04 Å². The number of guanidine groups is 1. The summed E-state index contributed by atoms with van der Waals surface area (Å²) in [5, 5.41) is 2.83. The van der Waals surface area contributed by atoms with E-state index >= 15 is 0 Å². The minimum absolute atomic E-state index is 0.0467. The number of unbranched alkanes of at least 4 members (excludes halogenated alkanes) is 20. The average Bonchev–Trinajstić information content (AvgIpc) is 3.01. The van der Waals surface area contributed by atoms with Crippen LogP contribution in [-0.4, -0.2) is 60.9 Å². The molecule has 2 unspecified atom stereocenters. The van der Waals surface area contributed by atoms with E-state index in [0.717, 1.165) is 38.8 Å². The fourth-order valence-electron chi connectivity index (χ4n) is 5.62. The van der Waals surface area contributed by atoms with Crippen molar-refractivity contribution in [2.45, 2.75) is 180 Å². The lowest BCUT2D eigenvalue weighted by atomic mass is 10.0. The molecule has 10 N–H and O–H groups in total. The number of nitrogens with zero attached hydrogens (tertiary/aromatic N) is 2. The Labute approximate surface area is 271 Å². The molecule has 9 nitrogen and oxygen atoms in total. The number of carbonyl (C=O) groups is 2. The Kier molecular flexibility index (Phi) is 29.8. The minimum Gasteiger partial charge on any atom is -0.370 e. The van der Waals surface area contributed by atoms with Crippen LogP contribution in [0, 0.1) is 0 Å². The number of amides is 2. The van der Waals surface area contributed by atoms with Gasteiger partial charge in [0.2, 0.25) is 5.91 Å². The summed E-state index contributed by atoms with van der Waals surface area (Å²) in [7, 11) is 0. The first kappa shape index (κ1) is 42.1. The zero-order valence-corrected chi connectivity index (χ0v) is 29.1. The van der Waals surface area contributed by atoms with E-state index in [4.69, 9.17) is 17.2 Å². The second-order valence-electron chi connectivity index (χ2n) is 12.9. The van der Waals surface area contributed by atoms with Crippen LogP contribution in [0.4, 0.5) is 0 Å². The van der Waals surface area contributed by atoms with Crippen LogP contribution in [0.5, 0.6) is 0 Å². The van der Waals surface area contributed by atoms with Crippen LogP contribution in [-0.2, 0) is 9.59 Å². The summed E-state index contributed by atoms with van der Waals surface area (Å²) >= 11 is 0. The number of carbonyl (C=O) groups excluding carboxylic acids is 2. The fourth-order valence-corrected chi connectivity index (χ4v) is 5.62. The van der Waals surface area contributed by atoms with Crippen LogP contribution in [0.25, 0.3) is 0 Å². The third-order valence-electron chi connectivity index (χ3n) is 8.56. The van der Waals surface area contributed by atoms with Crippen LogP contribution in [0.2, 0.25) is 0 Å². The highest BCUT2D eigenvalue weighted by Gasteiger charge is 2.23. The molecule has 0 aromatic rings. The minimum atomic E-state index is -0.742. The smallest absolute Gasteiger partial charge is 0.278 e. The highest BCUT2D eigenvalue weighted by Crippen LogP contribution is 2.14. The molecule has 0 saturated heterocycles. The van der Waals surface area contributed by atoms with Crippen LogP contribution in [0.15, 0.2) is 4.99 Å². The zero-order chi connectivity index (χ0) is 32.7. The SMILES string of the molecule is CCCCCCCCCCCCCCN(CCCCCCCCCCCC)C(=O)C(N)CNC(=O)C([NH3+])CCCN=C(N)N. The van der Waals surface area contributed by atoms with Crippen molar-refractivity contribution in [1.29, 1.82) is 0 Å². The number of rotatable bonds is 32. The summed E-state index contributed by atoms with van der Waals surface area (Å²) in [5.41, 5.74) is 20.9.